The summed E-state index contributed by atoms with van der Waals surface area (Å²) in [5, 5.41) is 1.70. The van der Waals surface area contributed by atoms with Gasteiger partial charge in [-0.15, -0.1) is 11.8 Å². The normalized spacial score (nSPS) is 12.8. The van der Waals surface area contributed by atoms with Crippen molar-refractivity contribution < 1.29 is 4.74 Å². The van der Waals surface area contributed by atoms with Gasteiger partial charge in [0.15, 0.2) is 5.16 Å². The van der Waals surface area contributed by atoms with Gasteiger partial charge in [0.2, 0.25) is 0 Å². The van der Waals surface area contributed by atoms with Gasteiger partial charge >= 0.3 is 0 Å². The largest absolute Gasteiger partial charge is 0.497 e. The van der Waals surface area contributed by atoms with Crippen LogP contribution in [0.15, 0.2) is 57.3 Å². The van der Waals surface area contributed by atoms with Gasteiger partial charge in [-0.3, -0.25) is 9.36 Å². The summed E-state index contributed by atoms with van der Waals surface area (Å²) in [6.45, 7) is 0. The Kier molecular flexibility index (Phi) is 5.92. The van der Waals surface area contributed by atoms with Crippen LogP contribution in [0.4, 0.5) is 0 Å². The van der Waals surface area contributed by atoms with Gasteiger partial charge in [-0.2, -0.15) is 0 Å². The fourth-order valence-corrected chi connectivity index (χ4v) is 5.26. The van der Waals surface area contributed by atoms with Crippen LogP contribution in [0.5, 0.6) is 5.75 Å². The number of methoxy groups -OCH3 is 1. The zero-order valence-electron chi connectivity index (χ0n) is 14.9. The van der Waals surface area contributed by atoms with E-state index in [2.05, 4.69) is 0 Å². The minimum atomic E-state index is -0.0302. The fourth-order valence-electron chi connectivity index (χ4n) is 2.94. The minimum absolute atomic E-state index is 0.0302. The molecule has 144 valence electrons. The van der Waals surface area contributed by atoms with Crippen LogP contribution in [0.3, 0.4) is 0 Å². The van der Waals surface area contributed by atoms with E-state index in [-0.39, 0.29) is 5.56 Å². The molecular weight excluding hydrogens is 435 g/mol. The third-order valence-corrected chi connectivity index (χ3v) is 7.19. The number of aryl methyl sites for hydroxylation is 1. The predicted octanol–water partition coefficient (Wildman–Crippen LogP) is 5.49. The van der Waals surface area contributed by atoms with Crippen molar-refractivity contribution in [3.63, 3.8) is 0 Å². The van der Waals surface area contributed by atoms with Crippen LogP contribution in [-0.4, -0.2) is 22.4 Å². The molecule has 28 heavy (non-hydrogen) atoms. The quantitative estimate of drug-likeness (QED) is 0.379. The smallest absolute Gasteiger partial charge is 0.272 e. The summed E-state index contributed by atoms with van der Waals surface area (Å²) < 4.78 is 7.00. The molecule has 3 aromatic rings. The van der Waals surface area contributed by atoms with E-state index in [1.807, 2.05) is 36.4 Å². The van der Waals surface area contributed by atoms with Gasteiger partial charge in [0, 0.05) is 24.0 Å². The number of hydrogen-bond acceptors (Lipinski definition) is 5. The molecule has 1 aliphatic heterocycles. The van der Waals surface area contributed by atoms with Gasteiger partial charge in [-0.05, 0) is 29.8 Å². The van der Waals surface area contributed by atoms with Crippen molar-refractivity contribution in [2.24, 2.45) is 0 Å². The lowest BCUT2D eigenvalue weighted by Gasteiger charge is -2.14. The Hall–Kier alpha value is -1.60. The summed E-state index contributed by atoms with van der Waals surface area (Å²) in [7, 11) is 1.61. The van der Waals surface area contributed by atoms with Gasteiger partial charge in [-0.1, -0.05) is 47.1 Å². The van der Waals surface area contributed by atoms with E-state index in [1.165, 1.54) is 11.8 Å². The van der Waals surface area contributed by atoms with Crippen molar-refractivity contribution in [2.45, 2.75) is 22.2 Å². The van der Waals surface area contributed by atoms with E-state index in [1.54, 1.807) is 29.5 Å². The molecule has 0 atom stereocenters. The Morgan fingerprint density at radius 1 is 1.21 bits per heavy atom. The molecule has 2 heterocycles. The van der Waals surface area contributed by atoms with Crippen molar-refractivity contribution in [3.05, 3.63) is 74.1 Å². The molecule has 0 spiro atoms. The van der Waals surface area contributed by atoms with Crippen molar-refractivity contribution in [2.75, 3.05) is 12.9 Å². The van der Waals surface area contributed by atoms with Crippen molar-refractivity contribution in [3.8, 4) is 11.4 Å². The standard InChI is InChI=1S/C20H16Cl2N2O2S2/c1-26-14-4-2-3-13(10-14)24-19(25)18-17(7-8-27-18)23-20(24)28-11-12-5-6-15(21)16(22)9-12/h2-6,9-10H,7-8,11H2,1H3. The molecule has 0 saturated heterocycles. The van der Waals surface area contributed by atoms with Crippen molar-refractivity contribution >= 4 is 46.7 Å². The first kappa shape index (κ1) is 19.7. The molecule has 0 N–H and O–H groups in total. The Labute approximate surface area is 181 Å². The molecule has 0 aliphatic carbocycles. The average molecular weight is 451 g/mol. The van der Waals surface area contributed by atoms with Crippen LogP contribution >= 0.6 is 46.7 Å². The predicted molar refractivity (Wildman–Crippen MR) is 117 cm³/mol. The van der Waals surface area contributed by atoms with Crippen molar-refractivity contribution in [1.29, 1.82) is 0 Å². The molecule has 0 saturated carbocycles. The number of rotatable bonds is 5. The number of hydrogen-bond donors (Lipinski definition) is 0. The van der Waals surface area contributed by atoms with E-state index in [9.17, 15) is 4.79 Å². The number of ether oxygens (including phenoxy) is 1. The van der Waals surface area contributed by atoms with Crippen LogP contribution in [-0.2, 0) is 12.2 Å². The summed E-state index contributed by atoms with van der Waals surface area (Å²) in [5.74, 6) is 2.20. The Morgan fingerprint density at radius 3 is 2.86 bits per heavy atom. The molecule has 1 aromatic heterocycles. The lowest BCUT2D eigenvalue weighted by molar-refractivity contribution is 0.414. The Balaban J connectivity index is 1.76. The third kappa shape index (κ3) is 3.92. The maximum Gasteiger partial charge on any atom is 0.272 e. The van der Waals surface area contributed by atoms with E-state index < -0.39 is 0 Å². The summed E-state index contributed by atoms with van der Waals surface area (Å²) in [4.78, 5) is 18.7. The second-order valence-electron chi connectivity index (χ2n) is 6.15. The molecule has 0 unspecified atom stereocenters. The zero-order chi connectivity index (χ0) is 19.7. The molecule has 1 aliphatic rings. The summed E-state index contributed by atoms with van der Waals surface area (Å²) in [5.41, 5.74) is 2.60. The van der Waals surface area contributed by atoms with Crippen LogP contribution < -0.4 is 10.3 Å². The van der Waals surface area contributed by atoms with E-state index in [4.69, 9.17) is 32.9 Å². The number of halogens is 2. The average Bonchev–Trinajstić information content (AvgIpc) is 3.18. The molecule has 0 amide bonds. The molecule has 4 rings (SSSR count). The maximum absolute atomic E-state index is 13.2. The summed E-state index contributed by atoms with van der Waals surface area (Å²) in [6.07, 6.45) is 0.814. The minimum Gasteiger partial charge on any atom is -0.497 e. The van der Waals surface area contributed by atoms with Crippen molar-refractivity contribution in [1.82, 2.24) is 9.55 Å². The fraction of sp³-hybridized carbons (Fsp3) is 0.200. The second-order valence-corrected chi connectivity index (χ2v) is 9.01. The lowest BCUT2D eigenvalue weighted by Crippen LogP contribution is -2.23. The third-order valence-electron chi connectivity index (χ3n) is 4.33. The first-order chi connectivity index (χ1) is 13.6. The van der Waals surface area contributed by atoms with Gasteiger partial charge in [0.05, 0.1) is 33.4 Å². The topological polar surface area (TPSA) is 44.1 Å². The van der Waals surface area contributed by atoms with Gasteiger partial charge in [-0.25, -0.2) is 4.98 Å². The molecule has 0 radical (unpaired) electrons. The highest BCUT2D eigenvalue weighted by molar-refractivity contribution is 7.99. The van der Waals surface area contributed by atoms with Crippen LogP contribution in [0, 0.1) is 0 Å². The molecular formula is C20H16Cl2N2O2S2. The monoisotopic (exact) mass is 450 g/mol. The van der Waals surface area contributed by atoms with E-state index in [0.717, 1.165) is 34.0 Å². The highest BCUT2D eigenvalue weighted by atomic mass is 35.5. The van der Waals surface area contributed by atoms with E-state index >= 15 is 0 Å². The van der Waals surface area contributed by atoms with Gasteiger partial charge in [0.1, 0.15) is 5.75 Å². The maximum atomic E-state index is 13.2. The van der Waals surface area contributed by atoms with Gasteiger partial charge < -0.3 is 4.74 Å². The number of benzene rings is 2. The van der Waals surface area contributed by atoms with Crippen LogP contribution in [0.25, 0.3) is 5.69 Å². The zero-order valence-corrected chi connectivity index (χ0v) is 18.1. The Bertz CT molecular complexity index is 1100. The molecule has 8 heteroatoms. The SMILES string of the molecule is COc1cccc(-n2c(SCc3ccc(Cl)c(Cl)c3)nc3c(c2=O)SCC3)c1. The first-order valence-electron chi connectivity index (χ1n) is 8.56. The Morgan fingerprint density at radius 2 is 2.07 bits per heavy atom. The van der Waals surface area contributed by atoms with E-state index in [0.29, 0.717) is 26.7 Å². The lowest BCUT2D eigenvalue weighted by atomic mass is 10.2. The highest BCUT2D eigenvalue weighted by Crippen LogP contribution is 2.32. The first-order valence-corrected chi connectivity index (χ1v) is 11.3. The van der Waals surface area contributed by atoms with Crippen LogP contribution in [0.2, 0.25) is 10.0 Å². The molecule has 4 nitrogen and oxygen atoms in total. The number of aromatic nitrogens is 2. The molecule has 2 aromatic carbocycles. The summed E-state index contributed by atoms with van der Waals surface area (Å²) in [6, 6.07) is 13.0. The highest BCUT2D eigenvalue weighted by Gasteiger charge is 2.22. The van der Waals surface area contributed by atoms with Gasteiger partial charge in [0.25, 0.3) is 5.56 Å². The molecule has 0 fully saturated rings. The summed E-state index contributed by atoms with van der Waals surface area (Å²) >= 11 is 15.2. The second kappa shape index (κ2) is 8.41. The number of nitrogens with zero attached hydrogens (tertiary/aromatic N) is 2. The number of fused-ring (bicyclic) bond motifs is 1. The number of thioether (sulfide) groups is 2. The van der Waals surface area contributed by atoms with Crippen LogP contribution in [0.1, 0.15) is 11.3 Å². The molecule has 0 bridgehead atoms.